The Balaban J connectivity index is 0.00000144. The SMILES string of the molecule is CC(C(=O)Nc1ccccc1N1CCCCCC1)C1CNC1.Cl.Cl. The lowest BCUT2D eigenvalue weighted by Crippen LogP contribution is -2.48. The van der Waals surface area contributed by atoms with E-state index in [1.165, 1.54) is 31.4 Å². The molecule has 0 spiro atoms. The Morgan fingerprint density at radius 3 is 2.33 bits per heavy atom. The molecule has 24 heavy (non-hydrogen) atoms. The molecule has 2 aliphatic heterocycles. The van der Waals surface area contributed by atoms with E-state index in [0.29, 0.717) is 5.92 Å². The zero-order valence-electron chi connectivity index (χ0n) is 14.3. The molecule has 2 aliphatic rings. The normalized spacial score (nSPS) is 19.1. The van der Waals surface area contributed by atoms with E-state index in [4.69, 9.17) is 0 Å². The molecule has 0 aromatic heterocycles. The van der Waals surface area contributed by atoms with Crippen molar-refractivity contribution in [2.24, 2.45) is 11.8 Å². The number of nitrogens with zero attached hydrogens (tertiary/aromatic N) is 1. The van der Waals surface area contributed by atoms with E-state index in [1.807, 2.05) is 19.1 Å². The van der Waals surface area contributed by atoms with Crippen molar-refractivity contribution in [3.63, 3.8) is 0 Å². The molecule has 1 atom stereocenters. The van der Waals surface area contributed by atoms with E-state index in [9.17, 15) is 4.79 Å². The first-order chi connectivity index (χ1) is 10.8. The zero-order valence-corrected chi connectivity index (χ0v) is 15.9. The molecule has 2 heterocycles. The van der Waals surface area contributed by atoms with E-state index < -0.39 is 0 Å². The number of para-hydroxylation sites is 2. The summed E-state index contributed by atoms with van der Waals surface area (Å²) in [6, 6.07) is 8.24. The van der Waals surface area contributed by atoms with Crippen molar-refractivity contribution in [2.45, 2.75) is 32.6 Å². The van der Waals surface area contributed by atoms with Crippen LogP contribution in [-0.2, 0) is 4.79 Å². The molecule has 2 saturated heterocycles. The molecule has 136 valence electrons. The number of rotatable bonds is 4. The second kappa shape index (κ2) is 10.1. The van der Waals surface area contributed by atoms with Crippen molar-refractivity contribution < 1.29 is 4.79 Å². The second-order valence-corrected chi connectivity index (χ2v) is 6.61. The van der Waals surface area contributed by atoms with Crippen molar-refractivity contribution in [1.82, 2.24) is 5.32 Å². The number of carbonyl (C=O) groups excluding carboxylic acids is 1. The molecule has 1 aromatic carbocycles. The Kier molecular flexibility index (Phi) is 8.88. The number of nitrogens with one attached hydrogen (secondary N) is 2. The van der Waals surface area contributed by atoms with Crippen LogP contribution in [-0.4, -0.2) is 32.1 Å². The minimum Gasteiger partial charge on any atom is -0.370 e. The summed E-state index contributed by atoms with van der Waals surface area (Å²) in [5.74, 6) is 0.692. The number of carbonyl (C=O) groups is 1. The van der Waals surface area contributed by atoms with Crippen molar-refractivity contribution in [2.75, 3.05) is 36.4 Å². The largest absolute Gasteiger partial charge is 0.370 e. The minimum atomic E-state index is 0. The molecule has 0 aliphatic carbocycles. The van der Waals surface area contributed by atoms with Gasteiger partial charge in [-0.15, -0.1) is 24.8 Å². The smallest absolute Gasteiger partial charge is 0.227 e. The van der Waals surface area contributed by atoms with Gasteiger partial charge >= 0.3 is 0 Å². The molecule has 2 fully saturated rings. The van der Waals surface area contributed by atoms with Crippen molar-refractivity contribution in [1.29, 1.82) is 0 Å². The van der Waals surface area contributed by atoms with Crippen molar-refractivity contribution in [3.8, 4) is 0 Å². The van der Waals surface area contributed by atoms with Gasteiger partial charge in [0.15, 0.2) is 0 Å². The van der Waals surface area contributed by atoms with E-state index in [2.05, 4.69) is 27.7 Å². The fraction of sp³-hybridized carbons (Fsp3) is 0.611. The van der Waals surface area contributed by atoms with Crippen LogP contribution in [0, 0.1) is 11.8 Å². The number of halogens is 2. The van der Waals surface area contributed by atoms with Crippen LogP contribution < -0.4 is 15.5 Å². The average molecular weight is 374 g/mol. The van der Waals surface area contributed by atoms with E-state index in [1.54, 1.807) is 0 Å². The minimum absolute atomic E-state index is 0. The zero-order chi connectivity index (χ0) is 15.4. The Bertz CT molecular complexity index is 515. The molecular formula is C18H29Cl2N3O. The lowest BCUT2D eigenvalue weighted by Gasteiger charge is -2.32. The fourth-order valence-electron chi connectivity index (χ4n) is 3.29. The van der Waals surface area contributed by atoms with Crippen LogP contribution in [0.5, 0.6) is 0 Å². The van der Waals surface area contributed by atoms with Gasteiger partial charge in [-0.05, 0) is 44.0 Å². The Morgan fingerprint density at radius 2 is 1.75 bits per heavy atom. The maximum absolute atomic E-state index is 12.5. The van der Waals surface area contributed by atoms with Crippen molar-refractivity contribution in [3.05, 3.63) is 24.3 Å². The molecule has 1 amide bonds. The summed E-state index contributed by atoms with van der Waals surface area (Å²) in [5, 5.41) is 6.41. The molecule has 4 nitrogen and oxygen atoms in total. The number of hydrogen-bond donors (Lipinski definition) is 2. The fourth-order valence-corrected chi connectivity index (χ4v) is 3.29. The van der Waals surface area contributed by atoms with E-state index in [-0.39, 0.29) is 36.6 Å². The summed E-state index contributed by atoms with van der Waals surface area (Å²) in [6.45, 7) is 6.14. The maximum Gasteiger partial charge on any atom is 0.227 e. The lowest BCUT2D eigenvalue weighted by atomic mass is 9.88. The van der Waals surface area contributed by atoms with Crippen LogP contribution in [0.2, 0.25) is 0 Å². The maximum atomic E-state index is 12.5. The van der Waals surface area contributed by atoms with Gasteiger partial charge in [-0.2, -0.15) is 0 Å². The first-order valence-electron chi connectivity index (χ1n) is 8.61. The molecule has 3 rings (SSSR count). The highest BCUT2D eigenvalue weighted by molar-refractivity contribution is 5.95. The van der Waals surface area contributed by atoms with Gasteiger partial charge in [-0.25, -0.2) is 0 Å². The van der Waals surface area contributed by atoms with Gasteiger partial charge in [0, 0.05) is 19.0 Å². The highest BCUT2D eigenvalue weighted by atomic mass is 35.5. The second-order valence-electron chi connectivity index (χ2n) is 6.61. The molecule has 0 radical (unpaired) electrons. The summed E-state index contributed by atoms with van der Waals surface area (Å²) in [4.78, 5) is 14.9. The third-order valence-electron chi connectivity index (χ3n) is 5.04. The van der Waals surface area contributed by atoms with Gasteiger partial charge in [0.2, 0.25) is 5.91 Å². The number of amides is 1. The standard InChI is InChI=1S/C18H27N3O.2ClH/c1-14(15-12-19-13-15)18(22)20-16-8-4-5-9-17(16)21-10-6-2-3-7-11-21;;/h4-5,8-9,14-15,19H,2-3,6-7,10-13H2,1H3,(H,20,22);2*1H. The Labute approximate surface area is 157 Å². The molecule has 1 aromatic rings. The summed E-state index contributed by atoms with van der Waals surface area (Å²) in [5.41, 5.74) is 2.14. The highest BCUT2D eigenvalue weighted by Crippen LogP contribution is 2.29. The Hall–Kier alpha value is -0.970. The van der Waals surface area contributed by atoms with Gasteiger partial charge in [-0.1, -0.05) is 31.9 Å². The lowest BCUT2D eigenvalue weighted by molar-refractivity contribution is -0.121. The third kappa shape index (κ3) is 5.01. The summed E-state index contributed by atoms with van der Waals surface area (Å²) in [7, 11) is 0. The third-order valence-corrected chi connectivity index (χ3v) is 5.04. The van der Waals surface area contributed by atoms with Gasteiger partial charge in [0.05, 0.1) is 11.4 Å². The van der Waals surface area contributed by atoms with Crippen molar-refractivity contribution >= 4 is 42.1 Å². The molecule has 2 N–H and O–H groups in total. The van der Waals surface area contributed by atoms with Gasteiger partial charge < -0.3 is 15.5 Å². The highest BCUT2D eigenvalue weighted by Gasteiger charge is 2.29. The van der Waals surface area contributed by atoms with Crippen LogP contribution in [0.4, 0.5) is 11.4 Å². The van der Waals surface area contributed by atoms with Crippen LogP contribution in [0.25, 0.3) is 0 Å². The van der Waals surface area contributed by atoms with Gasteiger partial charge in [0.1, 0.15) is 0 Å². The van der Waals surface area contributed by atoms with Crippen LogP contribution in [0.1, 0.15) is 32.6 Å². The van der Waals surface area contributed by atoms with E-state index >= 15 is 0 Å². The first kappa shape index (κ1) is 21.1. The number of benzene rings is 1. The van der Waals surface area contributed by atoms with Crippen LogP contribution in [0.15, 0.2) is 24.3 Å². The molecule has 6 heteroatoms. The molecule has 1 unspecified atom stereocenters. The molecule has 0 bridgehead atoms. The van der Waals surface area contributed by atoms with Gasteiger partial charge in [-0.3, -0.25) is 4.79 Å². The van der Waals surface area contributed by atoms with Gasteiger partial charge in [0.25, 0.3) is 0 Å². The topological polar surface area (TPSA) is 44.4 Å². The monoisotopic (exact) mass is 373 g/mol. The number of hydrogen-bond acceptors (Lipinski definition) is 3. The predicted octanol–water partition coefficient (Wildman–Crippen LogP) is 3.70. The quantitative estimate of drug-likeness (QED) is 0.845. The summed E-state index contributed by atoms with van der Waals surface area (Å²) >= 11 is 0. The van der Waals surface area contributed by atoms with Crippen LogP contribution >= 0.6 is 24.8 Å². The summed E-state index contributed by atoms with van der Waals surface area (Å²) < 4.78 is 0. The summed E-state index contributed by atoms with van der Waals surface area (Å²) in [6.07, 6.45) is 5.12. The Morgan fingerprint density at radius 1 is 1.12 bits per heavy atom. The van der Waals surface area contributed by atoms with E-state index in [0.717, 1.165) is 31.9 Å². The molecular weight excluding hydrogens is 345 g/mol. The predicted molar refractivity (Wildman–Crippen MR) is 106 cm³/mol. The average Bonchev–Trinajstić information content (AvgIpc) is 2.75. The van der Waals surface area contributed by atoms with Crippen LogP contribution in [0.3, 0.4) is 0 Å². The first-order valence-corrected chi connectivity index (χ1v) is 8.61. The molecule has 0 saturated carbocycles. The number of anilines is 2.